The van der Waals surface area contributed by atoms with Gasteiger partial charge in [0.15, 0.2) is 0 Å². The Bertz CT molecular complexity index is 875. The van der Waals surface area contributed by atoms with E-state index in [1.807, 2.05) is 38.1 Å². The van der Waals surface area contributed by atoms with Crippen molar-refractivity contribution in [3.05, 3.63) is 47.4 Å². The number of benzene rings is 1. The van der Waals surface area contributed by atoms with E-state index in [9.17, 15) is 4.79 Å². The lowest BCUT2D eigenvalue weighted by atomic mass is 9.95. The maximum Gasteiger partial charge on any atom is 0.338 e. The number of nitrogens with one attached hydrogen (secondary N) is 1. The fourth-order valence-electron chi connectivity index (χ4n) is 3.76. The van der Waals surface area contributed by atoms with Crippen LogP contribution in [-0.2, 0) is 9.53 Å². The Hall–Kier alpha value is -2.83. The van der Waals surface area contributed by atoms with Crippen molar-refractivity contribution in [3.63, 3.8) is 0 Å². The van der Waals surface area contributed by atoms with E-state index >= 15 is 0 Å². The Morgan fingerprint density at radius 3 is 2.70 bits per heavy atom. The number of carbonyl (C=O) groups is 1. The molecule has 30 heavy (non-hydrogen) atoms. The Morgan fingerprint density at radius 1 is 1.13 bits per heavy atom. The van der Waals surface area contributed by atoms with Gasteiger partial charge < -0.3 is 14.8 Å². The van der Waals surface area contributed by atoms with Crippen LogP contribution in [0, 0.1) is 0 Å². The summed E-state index contributed by atoms with van der Waals surface area (Å²) in [5, 5.41) is 7.54. The van der Waals surface area contributed by atoms with E-state index in [4.69, 9.17) is 9.47 Å². The molecule has 1 atom stereocenters. The highest BCUT2D eigenvalue weighted by Gasteiger charge is 2.35. The van der Waals surface area contributed by atoms with Gasteiger partial charge in [-0.1, -0.05) is 57.2 Å². The number of rotatable bonds is 11. The van der Waals surface area contributed by atoms with Gasteiger partial charge in [0.2, 0.25) is 5.95 Å². The molecule has 1 aliphatic heterocycles. The smallest absolute Gasteiger partial charge is 0.338 e. The number of allylic oxidation sites excluding steroid dienone is 1. The van der Waals surface area contributed by atoms with Crippen molar-refractivity contribution in [1.29, 1.82) is 0 Å². The van der Waals surface area contributed by atoms with Gasteiger partial charge in [0, 0.05) is 11.3 Å². The summed E-state index contributed by atoms with van der Waals surface area (Å²) in [5.74, 6) is 0.990. The molecule has 1 unspecified atom stereocenters. The summed E-state index contributed by atoms with van der Waals surface area (Å²) in [4.78, 5) is 17.4. The second-order valence-electron chi connectivity index (χ2n) is 7.47. The lowest BCUT2D eigenvalue weighted by Gasteiger charge is -2.29. The van der Waals surface area contributed by atoms with E-state index in [1.165, 1.54) is 32.0 Å². The van der Waals surface area contributed by atoms with Gasteiger partial charge in [0.25, 0.3) is 0 Å². The van der Waals surface area contributed by atoms with Crippen molar-refractivity contribution >= 4 is 11.9 Å². The summed E-state index contributed by atoms with van der Waals surface area (Å²) < 4.78 is 13.2. The van der Waals surface area contributed by atoms with Gasteiger partial charge in [-0.2, -0.15) is 10.1 Å². The van der Waals surface area contributed by atoms with Gasteiger partial charge in [-0.25, -0.2) is 9.48 Å². The molecule has 1 aromatic carbocycles. The summed E-state index contributed by atoms with van der Waals surface area (Å²) in [6.07, 6.45) is 8.35. The number of unbranched alkanes of at least 4 members (excludes halogenated alkanes) is 5. The quantitative estimate of drug-likeness (QED) is 0.419. The third kappa shape index (κ3) is 5.01. The number of para-hydroxylation sites is 1. The van der Waals surface area contributed by atoms with Crippen LogP contribution in [-0.4, -0.2) is 33.9 Å². The van der Waals surface area contributed by atoms with E-state index < -0.39 is 6.04 Å². The van der Waals surface area contributed by atoms with E-state index in [1.54, 1.807) is 4.68 Å². The highest BCUT2D eigenvalue weighted by atomic mass is 16.5. The second kappa shape index (κ2) is 10.8. The zero-order valence-corrected chi connectivity index (χ0v) is 18.2. The van der Waals surface area contributed by atoms with E-state index in [2.05, 4.69) is 22.3 Å². The average molecular weight is 413 g/mol. The predicted molar refractivity (Wildman–Crippen MR) is 116 cm³/mol. The minimum atomic E-state index is -0.455. The molecular formula is C23H32N4O3. The Balaban J connectivity index is 1.79. The van der Waals surface area contributed by atoms with Crippen molar-refractivity contribution in [2.24, 2.45) is 0 Å². The maximum absolute atomic E-state index is 13.1. The van der Waals surface area contributed by atoms with Gasteiger partial charge in [-0.3, -0.25) is 0 Å². The highest BCUT2D eigenvalue weighted by Crippen LogP contribution is 2.39. The van der Waals surface area contributed by atoms with Crippen molar-refractivity contribution in [3.8, 4) is 5.75 Å². The SMILES string of the molecule is CCCCCCCCOC(=O)C1=C(C)Nc2ncnn2C1c1ccccc1OCC. The van der Waals surface area contributed by atoms with Crippen LogP contribution in [0.25, 0.3) is 0 Å². The maximum atomic E-state index is 13.1. The normalized spacial score (nSPS) is 15.5. The number of hydrogen-bond acceptors (Lipinski definition) is 6. The van der Waals surface area contributed by atoms with Crippen LogP contribution < -0.4 is 10.1 Å². The average Bonchev–Trinajstić information content (AvgIpc) is 3.20. The number of hydrogen-bond donors (Lipinski definition) is 1. The number of fused-ring (bicyclic) bond motifs is 1. The topological polar surface area (TPSA) is 78.3 Å². The molecule has 3 rings (SSSR count). The summed E-state index contributed by atoms with van der Waals surface area (Å²) in [7, 11) is 0. The summed E-state index contributed by atoms with van der Waals surface area (Å²) >= 11 is 0. The molecule has 1 aromatic heterocycles. The molecule has 1 N–H and O–H groups in total. The molecule has 0 bridgehead atoms. The largest absolute Gasteiger partial charge is 0.494 e. The molecule has 7 heteroatoms. The van der Waals surface area contributed by atoms with Crippen LogP contribution in [0.5, 0.6) is 5.75 Å². The molecule has 0 radical (unpaired) electrons. The lowest BCUT2D eigenvalue weighted by molar-refractivity contribution is -0.139. The zero-order valence-electron chi connectivity index (χ0n) is 18.2. The monoisotopic (exact) mass is 412 g/mol. The van der Waals surface area contributed by atoms with Gasteiger partial charge in [0.1, 0.15) is 18.1 Å². The number of esters is 1. The molecule has 0 amide bonds. The first kappa shape index (κ1) is 21.9. The van der Waals surface area contributed by atoms with Crippen molar-refractivity contribution in [1.82, 2.24) is 14.8 Å². The molecule has 2 heterocycles. The molecule has 0 aliphatic carbocycles. The van der Waals surface area contributed by atoms with Crippen LogP contribution >= 0.6 is 0 Å². The summed E-state index contributed by atoms with van der Waals surface area (Å²) in [5.41, 5.74) is 2.12. The van der Waals surface area contributed by atoms with Crippen molar-refractivity contribution in [2.45, 2.75) is 65.3 Å². The number of ether oxygens (including phenoxy) is 2. The van der Waals surface area contributed by atoms with E-state index in [-0.39, 0.29) is 5.97 Å². The fraction of sp³-hybridized carbons (Fsp3) is 0.522. The van der Waals surface area contributed by atoms with Gasteiger partial charge in [-0.15, -0.1) is 0 Å². The molecule has 1 aliphatic rings. The predicted octanol–water partition coefficient (Wildman–Crippen LogP) is 4.87. The third-order valence-electron chi connectivity index (χ3n) is 5.26. The molecule has 162 valence electrons. The molecule has 0 spiro atoms. The van der Waals surface area contributed by atoms with Crippen molar-refractivity contribution in [2.75, 3.05) is 18.5 Å². The molecular weight excluding hydrogens is 380 g/mol. The van der Waals surface area contributed by atoms with Crippen LogP contribution in [0.1, 0.15) is 70.9 Å². The molecule has 0 fully saturated rings. The third-order valence-corrected chi connectivity index (χ3v) is 5.26. The van der Waals surface area contributed by atoms with Crippen LogP contribution in [0.3, 0.4) is 0 Å². The second-order valence-corrected chi connectivity index (χ2v) is 7.47. The minimum Gasteiger partial charge on any atom is -0.494 e. The molecule has 0 saturated heterocycles. The summed E-state index contributed by atoms with van der Waals surface area (Å²) in [6.45, 7) is 6.97. The number of anilines is 1. The molecule has 0 saturated carbocycles. The Kier molecular flexibility index (Phi) is 7.88. The van der Waals surface area contributed by atoms with Crippen LogP contribution in [0.15, 0.2) is 41.9 Å². The number of nitrogens with zero attached hydrogens (tertiary/aromatic N) is 3. The van der Waals surface area contributed by atoms with Crippen molar-refractivity contribution < 1.29 is 14.3 Å². The first-order chi connectivity index (χ1) is 14.7. The minimum absolute atomic E-state index is 0.328. The van der Waals surface area contributed by atoms with Gasteiger partial charge >= 0.3 is 5.97 Å². The first-order valence-electron chi connectivity index (χ1n) is 10.9. The van der Waals surface area contributed by atoms with Gasteiger partial charge in [0.05, 0.1) is 18.8 Å². The van der Waals surface area contributed by atoms with Gasteiger partial charge in [-0.05, 0) is 26.3 Å². The van der Waals surface area contributed by atoms with Crippen LogP contribution in [0.4, 0.5) is 5.95 Å². The fourth-order valence-corrected chi connectivity index (χ4v) is 3.76. The van der Waals surface area contributed by atoms with Crippen LogP contribution in [0.2, 0.25) is 0 Å². The summed E-state index contributed by atoms with van der Waals surface area (Å²) in [6, 6.07) is 7.27. The zero-order chi connectivity index (χ0) is 21.3. The lowest BCUT2D eigenvalue weighted by Crippen LogP contribution is -2.30. The first-order valence-corrected chi connectivity index (χ1v) is 10.9. The van der Waals surface area contributed by atoms with E-state index in [0.29, 0.717) is 24.7 Å². The molecule has 7 nitrogen and oxygen atoms in total. The Morgan fingerprint density at radius 2 is 1.90 bits per heavy atom. The highest BCUT2D eigenvalue weighted by molar-refractivity contribution is 5.92. The molecule has 2 aromatic rings. The van der Waals surface area contributed by atoms with E-state index in [0.717, 1.165) is 29.9 Å². The standard InChI is InChI=1S/C23H32N4O3/c1-4-6-7-8-9-12-15-30-22(28)20-17(3)26-23-24-16-25-27(23)21(20)18-13-10-11-14-19(18)29-5-2/h10-11,13-14,16,21H,4-9,12,15H2,1-3H3,(H,24,25,26). The number of aromatic nitrogens is 3. The number of carbonyl (C=O) groups excluding carboxylic acids is 1. The Labute approximate surface area is 178 Å².